The molecule has 0 bridgehead atoms. The van der Waals surface area contributed by atoms with Crippen LogP contribution in [0.1, 0.15) is 69.0 Å². The lowest BCUT2D eigenvalue weighted by Gasteiger charge is -2.68. The lowest BCUT2D eigenvalue weighted by molar-refractivity contribution is -0.316. The summed E-state index contributed by atoms with van der Waals surface area (Å²) in [6.45, 7) is 2.02. The molecule has 4 aliphatic rings. The topological polar surface area (TPSA) is 152 Å². The van der Waals surface area contributed by atoms with E-state index in [-0.39, 0.29) is 31.6 Å². The molecule has 2 aromatic rings. The predicted molar refractivity (Wildman–Crippen MR) is 138 cm³/mol. The van der Waals surface area contributed by atoms with Gasteiger partial charge in [-0.1, -0.05) is 35.9 Å². The zero-order valence-electron chi connectivity index (χ0n) is 21.6. The van der Waals surface area contributed by atoms with Crippen molar-refractivity contribution >= 4 is 11.6 Å². The Morgan fingerprint density at radius 1 is 1.05 bits per heavy atom. The summed E-state index contributed by atoms with van der Waals surface area (Å²) in [6.07, 6.45) is 1.00. The zero-order chi connectivity index (χ0) is 27.1. The van der Waals surface area contributed by atoms with Crippen molar-refractivity contribution < 1.29 is 30.6 Å². The zero-order valence-corrected chi connectivity index (χ0v) is 22.4. The van der Waals surface area contributed by atoms with Crippen LogP contribution in [-0.4, -0.2) is 81.8 Å². The van der Waals surface area contributed by atoms with Crippen LogP contribution in [0.15, 0.2) is 30.5 Å². The summed E-state index contributed by atoms with van der Waals surface area (Å²) in [5.41, 5.74) is -3.01. The number of hydrogen-bond donors (Lipinski definition) is 6. The van der Waals surface area contributed by atoms with Gasteiger partial charge in [-0.3, -0.25) is 0 Å². The number of rotatable bonds is 4. The van der Waals surface area contributed by atoms with Crippen molar-refractivity contribution in [1.29, 1.82) is 0 Å². The Labute approximate surface area is 227 Å². The van der Waals surface area contributed by atoms with Crippen molar-refractivity contribution in [2.24, 2.45) is 22.7 Å². The summed E-state index contributed by atoms with van der Waals surface area (Å²) < 4.78 is 1.77. The first kappa shape index (κ1) is 26.6. The van der Waals surface area contributed by atoms with Crippen LogP contribution in [0.4, 0.5) is 0 Å². The van der Waals surface area contributed by atoms with Crippen LogP contribution in [0.5, 0.6) is 0 Å². The molecule has 10 atom stereocenters. The molecule has 6 N–H and O–H groups in total. The lowest BCUT2D eigenvalue weighted by atomic mass is 9.40. The molecule has 38 heavy (non-hydrogen) atoms. The van der Waals surface area contributed by atoms with Gasteiger partial charge in [-0.15, -0.1) is 5.10 Å². The van der Waals surface area contributed by atoms with Crippen molar-refractivity contribution in [3.05, 3.63) is 46.7 Å². The third kappa shape index (κ3) is 3.52. The molecule has 1 aromatic heterocycles. The van der Waals surface area contributed by atoms with Gasteiger partial charge in [0.2, 0.25) is 0 Å². The van der Waals surface area contributed by atoms with E-state index in [9.17, 15) is 30.6 Å². The van der Waals surface area contributed by atoms with Crippen LogP contribution in [0.25, 0.3) is 0 Å². The second-order valence-corrected chi connectivity index (χ2v) is 13.1. The Kier molecular flexibility index (Phi) is 6.28. The quantitative estimate of drug-likeness (QED) is 0.338. The number of fused-ring (bicyclic) bond motifs is 5. The second-order valence-electron chi connectivity index (χ2n) is 12.7. The highest BCUT2D eigenvalue weighted by molar-refractivity contribution is 6.30. The third-order valence-corrected chi connectivity index (χ3v) is 11.3. The number of hydrogen-bond acceptors (Lipinski definition) is 8. The molecule has 6 rings (SSSR count). The number of halogens is 1. The van der Waals surface area contributed by atoms with Crippen molar-refractivity contribution in [2.75, 3.05) is 6.61 Å². The first-order valence-electron chi connectivity index (χ1n) is 13.7. The van der Waals surface area contributed by atoms with E-state index >= 15 is 0 Å². The standard InChI is InChI=1S/C28H38ClN3O6/c1-25-12-22(35)24-20(6-8-26(37)11-18(34)10-23(36)27(24,26)15-33)28(25,38)9-7-19(25)21-14-32(31-30-21)13-16-2-4-17(29)5-3-16/h2-5,14,18-20,22-24,33-38H,6-13,15H2,1H3/t18-,19+,20?,22+,23+,24?,25+,26-,27+,28-/m0/s1. The summed E-state index contributed by atoms with van der Waals surface area (Å²) in [7, 11) is 0. The monoisotopic (exact) mass is 547 g/mol. The molecule has 2 unspecified atom stereocenters. The van der Waals surface area contributed by atoms with E-state index < -0.39 is 58.8 Å². The highest BCUT2D eigenvalue weighted by Gasteiger charge is 2.75. The van der Waals surface area contributed by atoms with Crippen LogP contribution in [0, 0.1) is 22.7 Å². The van der Waals surface area contributed by atoms with Gasteiger partial charge >= 0.3 is 0 Å². The molecule has 1 aromatic carbocycles. The number of aliphatic hydroxyl groups excluding tert-OH is 4. The predicted octanol–water partition coefficient (Wildman–Crippen LogP) is 1.61. The van der Waals surface area contributed by atoms with Gasteiger partial charge in [0.1, 0.15) is 0 Å². The Morgan fingerprint density at radius 3 is 2.50 bits per heavy atom. The molecular formula is C28H38ClN3O6. The molecule has 4 aliphatic carbocycles. The Balaban J connectivity index is 1.32. The van der Waals surface area contributed by atoms with Crippen LogP contribution in [0.2, 0.25) is 5.02 Å². The number of aliphatic hydroxyl groups is 6. The van der Waals surface area contributed by atoms with Gasteiger partial charge in [0.05, 0.1) is 53.8 Å². The van der Waals surface area contributed by atoms with Gasteiger partial charge < -0.3 is 30.6 Å². The number of benzene rings is 1. The summed E-state index contributed by atoms with van der Waals surface area (Å²) in [4.78, 5) is 0. The molecule has 4 saturated carbocycles. The molecule has 1 heterocycles. The van der Waals surface area contributed by atoms with Crippen molar-refractivity contribution in [1.82, 2.24) is 15.0 Å². The molecule has 0 spiro atoms. The molecular weight excluding hydrogens is 510 g/mol. The van der Waals surface area contributed by atoms with Crippen LogP contribution in [0.3, 0.4) is 0 Å². The smallest absolute Gasteiger partial charge is 0.0864 e. The average molecular weight is 548 g/mol. The molecule has 208 valence electrons. The minimum Gasteiger partial charge on any atom is -0.396 e. The van der Waals surface area contributed by atoms with Crippen molar-refractivity contribution in [2.45, 2.75) is 93.8 Å². The Hall–Kier alpha value is -1.59. The molecule has 9 nitrogen and oxygen atoms in total. The summed E-state index contributed by atoms with van der Waals surface area (Å²) >= 11 is 6.00. The largest absolute Gasteiger partial charge is 0.396 e. The fourth-order valence-electron chi connectivity index (χ4n) is 9.31. The maximum absolute atomic E-state index is 12.4. The van der Waals surface area contributed by atoms with E-state index in [1.165, 1.54) is 0 Å². The van der Waals surface area contributed by atoms with E-state index in [0.717, 1.165) is 11.3 Å². The minimum absolute atomic E-state index is 0.0217. The van der Waals surface area contributed by atoms with Crippen molar-refractivity contribution in [3.63, 3.8) is 0 Å². The third-order valence-electron chi connectivity index (χ3n) is 11.1. The minimum atomic E-state index is -1.52. The average Bonchev–Trinajstić information content (AvgIpc) is 3.41. The highest BCUT2D eigenvalue weighted by Crippen LogP contribution is 2.71. The maximum Gasteiger partial charge on any atom is 0.0864 e. The van der Waals surface area contributed by atoms with E-state index in [1.54, 1.807) is 4.68 Å². The SMILES string of the molecule is C[C@]12C[C@@H](O)C3C(CC[C@]4(O)C[C@@H](O)C[C@@H](O)[C@]34CO)[C@@]1(O)CC[C@@H]2c1cn(Cc2ccc(Cl)cc2)nn1. The highest BCUT2D eigenvalue weighted by atomic mass is 35.5. The summed E-state index contributed by atoms with van der Waals surface area (Å²) in [6, 6.07) is 7.55. The van der Waals surface area contributed by atoms with Gasteiger partial charge in [0.25, 0.3) is 0 Å². The van der Waals surface area contributed by atoms with Crippen LogP contribution in [-0.2, 0) is 6.54 Å². The molecule has 0 aliphatic heterocycles. The fourth-order valence-corrected chi connectivity index (χ4v) is 9.43. The molecule has 10 heteroatoms. The van der Waals surface area contributed by atoms with Gasteiger partial charge in [0.15, 0.2) is 0 Å². The van der Waals surface area contributed by atoms with Gasteiger partial charge in [-0.05, 0) is 55.7 Å². The molecule has 0 radical (unpaired) electrons. The number of aromatic nitrogens is 3. The maximum atomic E-state index is 12.4. The van der Waals surface area contributed by atoms with Gasteiger partial charge in [0, 0.05) is 41.3 Å². The fraction of sp³-hybridized carbons (Fsp3) is 0.714. The lowest BCUT2D eigenvalue weighted by Crippen LogP contribution is -2.75. The second kappa shape index (κ2) is 8.96. The summed E-state index contributed by atoms with van der Waals surface area (Å²) in [5.74, 6) is -1.26. The molecule has 4 fully saturated rings. The normalized spacial score (nSPS) is 46.3. The Morgan fingerprint density at radius 2 is 1.79 bits per heavy atom. The first-order valence-corrected chi connectivity index (χ1v) is 14.1. The molecule has 0 amide bonds. The van der Waals surface area contributed by atoms with Gasteiger partial charge in [-0.25, -0.2) is 4.68 Å². The van der Waals surface area contributed by atoms with Crippen molar-refractivity contribution in [3.8, 4) is 0 Å². The summed E-state index contributed by atoms with van der Waals surface area (Å²) in [5, 5.41) is 77.5. The van der Waals surface area contributed by atoms with E-state index in [1.807, 2.05) is 37.4 Å². The van der Waals surface area contributed by atoms with Crippen LogP contribution >= 0.6 is 11.6 Å². The first-order chi connectivity index (χ1) is 18.0. The van der Waals surface area contributed by atoms with E-state index in [4.69, 9.17) is 11.6 Å². The molecule has 0 saturated heterocycles. The van der Waals surface area contributed by atoms with E-state index in [0.29, 0.717) is 30.8 Å². The van der Waals surface area contributed by atoms with Gasteiger partial charge in [-0.2, -0.15) is 0 Å². The Bertz CT molecular complexity index is 1200. The number of nitrogens with zero attached hydrogens (tertiary/aromatic N) is 3. The van der Waals surface area contributed by atoms with Crippen LogP contribution < -0.4 is 0 Å². The van der Waals surface area contributed by atoms with E-state index in [2.05, 4.69) is 10.3 Å².